The molecule has 0 saturated carbocycles. The lowest BCUT2D eigenvalue weighted by molar-refractivity contribution is -0.116. The molecule has 0 aliphatic carbocycles. The predicted molar refractivity (Wildman–Crippen MR) is 159 cm³/mol. The molecule has 2 unspecified atom stereocenters. The molecule has 0 N–H and O–H groups in total. The molecule has 5 heterocycles. The fourth-order valence-corrected chi connectivity index (χ4v) is 7.12. The van der Waals surface area contributed by atoms with Crippen molar-refractivity contribution < 1.29 is 13.2 Å². The van der Waals surface area contributed by atoms with E-state index in [0.717, 1.165) is 41.7 Å². The molecule has 0 spiro atoms. The first-order valence-electron chi connectivity index (χ1n) is 13.9. The highest BCUT2D eigenvalue weighted by Crippen LogP contribution is 2.33. The number of hydrogen-bond donors (Lipinski definition) is 0. The van der Waals surface area contributed by atoms with Gasteiger partial charge in [0.1, 0.15) is 21.5 Å². The number of piperazine rings is 1. The molecule has 2 saturated heterocycles. The van der Waals surface area contributed by atoms with E-state index in [1.54, 1.807) is 12.5 Å². The number of anilines is 2. The standard InChI is InChI=1S/C29H34N8O3S/c1-21-18-35(14-15-36(21)27(19-38)37-20-33-25-7-5-11-30-28(25)37)26-8-4-3-6-24(26)22-16-31-29(32-17-22)34-12-9-23(10-13-34)41(2,39)40/h3-8,11,16-17,19-21,23,27H,9-10,12-15,18H2,1-2H3. The number of benzene rings is 1. The van der Waals surface area contributed by atoms with E-state index in [-0.39, 0.29) is 11.3 Å². The number of hydrogen-bond acceptors (Lipinski definition) is 10. The van der Waals surface area contributed by atoms with Crippen LogP contribution in [-0.2, 0) is 14.6 Å². The number of nitrogens with zero attached hydrogens (tertiary/aromatic N) is 8. The van der Waals surface area contributed by atoms with Crippen LogP contribution in [0.5, 0.6) is 0 Å². The van der Waals surface area contributed by atoms with Crippen molar-refractivity contribution in [1.82, 2.24) is 29.4 Å². The van der Waals surface area contributed by atoms with E-state index in [1.807, 2.05) is 41.2 Å². The molecule has 11 nitrogen and oxygen atoms in total. The number of sulfone groups is 1. The lowest BCUT2D eigenvalue weighted by Crippen LogP contribution is -2.54. The van der Waals surface area contributed by atoms with Crippen molar-refractivity contribution in [3.05, 3.63) is 61.3 Å². The quantitative estimate of drug-likeness (QED) is 0.305. The number of aldehydes is 1. The smallest absolute Gasteiger partial charge is 0.225 e. The molecule has 2 atom stereocenters. The summed E-state index contributed by atoms with van der Waals surface area (Å²) < 4.78 is 25.7. The summed E-state index contributed by atoms with van der Waals surface area (Å²) in [7, 11) is -3.02. The van der Waals surface area contributed by atoms with Crippen LogP contribution in [0.1, 0.15) is 25.9 Å². The number of imidazole rings is 1. The molecule has 0 bridgehead atoms. The zero-order valence-corrected chi connectivity index (χ0v) is 24.1. The number of para-hydroxylation sites is 1. The fourth-order valence-electron chi connectivity index (χ4n) is 6.05. The number of piperidine rings is 1. The summed E-state index contributed by atoms with van der Waals surface area (Å²) in [6.45, 7) is 5.59. The van der Waals surface area contributed by atoms with Gasteiger partial charge in [0.15, 0.2) is 11.9 Å². The van der Waals surface area contributed by atoms with Crippen molar-refractivity contribution in [3.8, 4) is 11.1 Å². The molecule has 4 aromatic rings. The summed E-state index contributed by atoms with van der Waals surface area (Å²) in [5.41, 5.74) is 4.54. The van der Waals surface area contributed by atoms with E-state index in [4.69, 9.17) is 0 Å². The first kappa shape index (κ1) is 27.3. The van der Waals surface area contributed by atoms with Crippen molar-refractivity contribution in [2.45, 2.75) is 37.2 Å². The molecule has 0 amide bonds. The number of carbonyl (C=O) groups is 1. The third kappa shape index (κ3) is 5.41. The molecule has 3 aromatic heterocycles. The maximum absolute atomic E-state index is 12.3. The van der Waals surface area contributed by atoms with Crippen LogP contribution in [0.3, 0.4) is 0 Å². The lowest BCUT2D eigenvalue weighted by Gasteiger charge is -2.43. The van der Waals surface area contributed by atoms with Gasteiger partial charge in [-0.05, 0) is 38.0 Å². The fraction of sp³-hybridized carbons (Fsp3) is 0.414. The first-order valence-corrected chi connectivity index (χ1v) is 15.9. The summed E-state index contributed by atoms with van der Waals surface area (Å²) in [5, 5.41) is -0.287. The number of fused-ring (bicyclic) bond motifs is 1. The second kappa shape index (κ2) is 11.2. The predicted octanol–water partition coefficient (Wildman–Crippen LogP) is 2.81. The van der Waals surface area contributed by atoms with Crippen LogP contribution >= 0.6 is 0 Å². The van der Waals surface area contributed by atoms with Crippen molar-refractivity contribution in [3.63, 3.8) is 0 Å². The molecule has 2 aliphatic heterocycles. The Hall–Kier alpha value is -3.90. The maximum atomic E-state index is 12.3. The van der Waals surface area contributed by atoms with Crippen LogP contribution in [0.15, 0.2) is 61.3 Å². The van der Waals surface area contributed by atoms with E-state index < -0.39 is 16.0 Å². The molecular weight excluding hydrogens is 540 g/mol. The van der Waals surface area contributed by atoms with Crippen molar-refractivity contribution in [1.29, 1.82) is 0 Å². The lowest BCUT2D eigenvalue weighted by atomic mass is 10.0. The van der Waals surface area contributed by atoms with Gasteiger partial charge < -0.3 is 9.80 Å². The van der Waals surface area contributed by atoms with Gasteiger partial charge in [-0.2, -0.15) is 0 Å². The van der Waals surface area contributed by atoms with Gasteiger partial charge in [0.2, 0.25) is 5.95 Å². The highest BCUT2D eigenvalue weighted by molar-refractivity contribution is 7.91. The summed E-state index contributed by atoms with van der Waals surface area (Å²) >= 11 is 0. The number of pyridine rings is 1. The zero-order chi connectivity index (χ0) is 28.6. The van der Waals surface area contributed by atoms with Crippen LogP contribution in [0.25, 0.3) is 22.3 Å². The minimum Gasteiger partial charge on any atom is -0.368 e. The van der Waals surface area contributed by atoms with E-state index in [9.17, 15) is 13.2 Å². The van der Waals surface area contributed by atoms with Crippen LogP contribution in [-0.4, -0.2) is 94.4 Å². The Labute approximate surface area is 239 Å². The number of carbonyl (C=O) groups excluding carboxylic acids is 1. The number of rotatable bonds is 7. The van der Waals surface area contributed by atoms with Crippen LogP contribution in [0, 0.1) is 0 Å². The maximum Gasteiger partial charge on any atom is 0.225 e. The van der Waals surface area contributed by atoms with Gasteiger partial charge in [-0.15, -0.1) is 0 Å². The van der Waals surface area contributed by atoms with Gasteiger partial charge >= 0.3 is 0 Å². The van der Waals surface area contributed by atoms with E-state index in [2.05, 4.69) is 53.7 Å². The molecule has 214 valence electrons. The SMILES string of the molecule is CC1CN(c2ccccc2-c2cnc(N3CCC(S(C)(=O)=O)CC3)nc2)CCN1C(C=O)n1cnc2cccnc21. The molecule has 41 heavy (non-hydrogen) atoms. The second-order valence-electron chi connectivity index (χ2n) is 10.9. The Bertz CT molecular complexity index is 1630. The molecule has 2 fully saturated rings. The average molecular weight is 575 g/mol. The Kier molecular flexibility index (Phi) is 7.43. The first-order chi connectivity index (χ1) is 19.8. The van der Waals surface area contributed by atoms with Crippen LogP contribution in [0.2, 0.25) is 0 Å². The second-order valence-corrected chi connectivity index (χ2v) is 13.2. The van der Waals surface area contributed by atoms with Crippen molar-refractivity contribution >= 4 is 38.9 Å². The van der Waals surface area contributed by atoms with Gasteiger partial charge in [0.25, 0.3) is 0 Å². The minimum atomic E-state index is -3.02. The zero-order valence-electron chi connectivity index (χ0n) is 23.2. The van der Waals surface area contributed by atoms with Gasteiger partial charge in [-0.1, -0.05) is 18.2 Å². The van der Waals surface area contributed by atoms with Gasteiger partial charge in [0, 0.05) is 80.4 Å². The summed E-state index contributed by atoms with van der Waals surface area (Å²) in [6.07, 6.45) is 10.1. The normalized spacial score (nSPS) is 19.9. The van der Waals surface area contributed by atoms with Crippen LogP contribution in [0.4, 0.5) is 11.6 Å². The van der Waals surface area contributed by atoms with Gasteiger partial charge in [-0.25, -0.2) is 28.4 Å². The molecule has 1 aromatic carbocycles. The minimum absolute atomic E-state index is 0.0988. The molecule has 12 heteroatoms. The average Bonchev–Trinajstić information content (AvgIpc) is 3.42. The molecule has 2 aliphatic rings. The highest BCUT2D eigenvalue weighted by atomic mass is 32.2. The molecule has 6 rings (SSSR count). The van der Waals surface area contributed by atoms with E-state index in [0.29, 0.717) is 44.1 Å². The van der Waals surface area contributed by atoms with E-state index in [1.165, 1.54) is 6.26 Å². The number of aromatic nitrogens is 5. The Morgan fingerprint density at radius 2 is 1.68 bits per heavy atom. The Morgan fingerprint density at radius 3 is 2.39 bits per heavy atom. The van der Waals surface area contributed by atoms with Gasteiger partial charge in [0.05, 0.1) is 11.6 Å². The van der Waals surface area contributed by atoms with E-state index >= 15 is 0 Å². The van der Waals surface area contributed by atoms with Crippen LogP contribution < -0.4 is 9.80 Å². The summed E-state index contributed by atoms with van der Waals surface area (Å²) in [5.74, 6) is 0.627. The third-order valence-electron chi connectivity index (χ3n) is 8.28. The Morgan fingerprint density at radius 1 is 0.927 bits per heavy atom. The molecular formula is C29H34N8O3S. The molecule has 0 radical (unpaired) electrons. The van der Waals surface area contributed by atoms with Crippen molar-refractivity contribution in [2.75, 3.05) is 48.8 Å². The highest BCUT2D eigenvalue weighted by Gasteiger charge is 2.32. The summed E-state index contributed by atoms with van der Waals surface area (Å²) in [6, 6.07) is 12.1. The third-order valence-corrected chi connectivity index (χ3v) is 9.96. The van der Waals surface area contributed by atoms with Gasteiger partial charge in [-0.3, -0.25) is 14.3 Å². The summed E-state index contributed by atoms with van der Waals surface area (Å²) in [4.78, 5) is 37.1. The van der Waals surface area contributed by atoms with Crippen molar-refractivity contribution in [2.24, 2.45) is 0 Å². The Balaban J connectivity index is 1.17. The topological polar surface area (TPSA) is 117 Å². The monoisotopic (exact) mass is 574 g/mol. The largest absolute Gasteiger partial charge is 0.368 e.